The molecule has 3 aromatic rings. The van der Waals surface area contributed by atoms with Gasteiger partial charge in [-0.2, -0.15) is 0 Å². The van der Waals surface area contributed by atoms with E-state index in [0.717, 1.165) is 26.7 Å². The first kappa shape index (κ1) is 23.7. The second-order valence-corrected chi connectivity index (χ2v) is 9.98. The van der Waals surface area contributed by atoms with E-state index >= 15 is 0 Å². The van der Waals surface area contributed by atoms with Crippen molar-refractivity contribution in [2.45, 2.75) is 13.2 Å². The Labute approximate surface area is 217 Å². The molecule has 0 atom stereocenters. The maximum absolute atomic E-state index is 13.2. The molecule has 10 heteroatoms. The minimum atomic E-state index is -0.432. The number of thioether (sulfide) groups is 1. The van der Waals surface area contributed by atoms with E-state index < -0.39 is 11.1 Å². The first-order valence-electron chi connectivity index (χ1n) is 10.4. The molecule has 1 fully saturated rings. The molecule has 0 spiro atoms. The normalized spacial score (nSPS) is 15.9. The summed E-state index contributed by atoms with van der Waals surface area (Å²) >= 11 is 10.6. The highest BCUT2D eigenvalue weighted by Crippen LogP contribution is 2.40. The largest absolute Gasteiger partial charge is 0.488 e. The maximum atomic E-state index is 13.2. The zero-order chi connectivity index (χ0) is 24.5. The van der Waals surface area contributed by atoms with Gasteiger partial charge in [-0.1, -0.05) is 39.7 Å². The zero-order valence-corrected chi connectivity index (χ0v) is 21.1. The summed E-state index contributed by atoms with van der Waals surface area (Å²) in [5.74, 6) is 0.803. The zero-order valence-electron chi connectivity index (χ0n) is 17.9. The van der Waals surface area contributed by atoms with Crippen molar-refractivity contribution in [1.82, 2.24) is 4.90 Å². The third-order valence-electron chi connectivity index (χ3n) is 5.31. The van der Waals surface area contributed by atoms with Crippen molar-refractivity contribution in [2.24, 2.45) is 0 Å². The summed E-state index contributed by atoms with van der Waals surface area (Å²) in [6, 6.07) is 14.7. The summed E-state index contributed by atoms with van der Waals surface area (Å²) in [4.78, 5) is 27.2. The molecule has 0 bridgehead atoms. The molecule has 0 aliphatic carbocycles. The fourth-order valence-corrected chi connectivity index (χ4v) is 4.95. The summed E-state index contributed by atoms with van der Waals surface area (Å²) in [7, 11) is 0. The Kier molecular flexibility index (Phi) is 6.73. The molecule has 5 rings (SSSR count). The molecular weight excluding hydrogens is 561 g/mol. The number of halogens is 3. The van der Waals surface area contributed by atoms with Gasteiger partial charge in [-0.3, -0.25) is 14.5 Å². The Balaban J connectivity index is 1.36. The van der Waals surface area contributed by atoms with Gasteiger partial charge in [0.15, 0.2) is 11.5 Å². The van der Waals surface area contributed by atoms with E-state index in [9.17, 15) is 14.0 Å². The quantitative estimate of drug-likeness (QED) is 0.301. The average molecular weight is 577 g/mol. The van der Waals surface area contributed by atoms with Crippen LogP contribution in [0.3, 0.4) is 0 Å². The van der Waals surface area contributed by atoms with Gasteiger partial charge in [-0.05, 0) is 65.4 Å². The standard InChI is InChI=1S/C25H16BrClFNO5S/c26-17-3-6-20(32-12-14-1-4-18(28)5-2-14)15(7-17)9-23-24(30)29(25(31)35-23)11-16-8-21-22(10-19(16)27)34-13-33-21/h1-10H,11-13H2/b23-9-. The van der Waals surface area contributed by atoms with Crippen molar-refractivity contribution in [3.8, 4) is 17.2 Å². The van der Waals surface area contributed by atoms with Crippen molar-refractivity contribution in [3.05, 3.63) is 91.5 Å². The highest BCUT2D eigenvalue weighted by molar-refractivity contribution is 9.10. The molecule has 1 saturated heterocycles. The van der Waals surface area contributed by atoms with E-state index in [1.54, 1.807) is 42.5 Å². The number of rotatable bonds is 6. The summed E-state index contributed by atoms with van der Waals surface area (Å²) in [6.45, 7) is 0.314. The third kappa shape index (κ3) is 5.17. The van der Waals surface area contributed by atoms with Gasteiger partial charge >= 0.3 is 0 Å². The molecule has 2 amide bonds. The van der Waals surface area contributed by atoms with Crippen LogP contribution >= 0.6 is 39.3 Å². The Morgan fingerprint density at radius 2 is 1.83 bits per heavy atom. The van der Waals surface area contributed by atoms with Gasteiger partial charge in [-0.25, -0.2) is 4.39 Å². The van der Waals surface area contributed by atoms with Crippen molar-refractivity contribution in [2.75, 3.05) is 6.79 Å². The van der Waals surface area contributed by atoms with Crippen molar-refractivity contribution >= 4 is 56.5 Å². The van der Waals surface area contributed by atoms with Crippen LogP contribution in [0.4, 0.5) is 9.18 Å². The van der Waals surface area contributed by atoms with Crippen molar-refractivity contribution in [3.63, 3.8) is 0 Å². The third-order valence-corrected chi connectivity index (χ3v) is 7.06. The molecule has 6 nitrogen and oxygen atoms in total. The smallest absolute Gasteiger partial charge is 0.293 e. The molecular formula is C25H16BrClFNO5S. The van der Waals surface area contributed by atoms with Crippen molar-refractivity contribution in [1.29, 1.82) is 0 Å². The van der Waals surface area contributed by atoms with Gasteiger partial charge in [0.05, 0.1) is 11.4 Å². The Hall–Kier alpha value is -3.01. The highest BCUT2D eigenvalue weighted by atomic mass is 79.9. The van der Waals surface area contributed by atoms with Gasteiger partial charge in [0.1, 0.15) is 18.2 Å². The second-order valence-electron chi connectivity index (χ2n) is 7.66. The van der Waals surface area contributed by atoms with Crippen LogP contribution in [0.1, 0.15) is 16.7 Å². The Bertz CT molecular complexity index is 1360. The molecule has 2 heterocycles. The van der Waals surface area contributed by atoms with Crippen LogP contribution in [0.25, 0.3) is 6.08 Å². The minimum absolute atomic E-state index is 0.00386. The summed E-state index contributed by atoms with van der Waals surface area (Å²) in [5, 5.41) is -0.0282. The first-order valence-corrected chi connectivity index (χ1v) is 12.4. The van der Waals surface area contributed by atoms with Gasteiger partial charge < -0.3 is 14.2 Å². The first-order chi connectivity index (χ1) is 16.9. The highest BCUT2D eigenvalue weighted by Gasteiger charge is 2.36. The van der Waals surface area contributed by atoms with E-state index in [0.29, 0.717) is 33.4 Å². The van der Waals surface area contributed by atoms with Crippen LogP contribution in [0.5, 0.6) is 17.2 Å². The molecule has 0 aromatic heterocycles. The minimum Gasteiger partial charge on any atom is -0.488 e. The van der Waals surface area contributed by atoms with Crippen LogP contribution < -0.4 is 14.2 Å². The number of hydrogen-bond donors (Lipinski definition) is 0. The Morgan fingerprint density at radius 3 is 2.60 bits per heavy atom. The number of ether oxygens (including phenoxy) is 3. The number of carbonyl (C=O) groups is 2. The lowest BCUT2D eigenvalue weighted by Gasteiger charge is -2.14. The molecule has 0 N–H and O–H groups in total. The van der Waals surface area contributed by atoms with Gasteiger partial charge in [-0.15, -0.1) is 0 Å². The number of hydrogen-bond acceptors (Lipinski definition) is 6. The van der Waals surface area contributed by atoms with Gasteiger partial charge in [0.2, 0.25) is 6.79 Å². The molecule has 3 aromatic carbocycles. The number of nitrogens with zero attached hydrogens (tertiary/aromatic N) is 1. The lowest BCUT2D eigenvalue weighted by molar-refractivity contribution is -0.123. The summed E-state index contributed by atoms with van der Waals surface area (Å²) < 4.78 is 30.5. The van der Waals surface area contributed by atoms with Crippen LogP contribution in [-0.4, -0.2) is 22.8 Å². The van der Waals surface area contributed by atoms with Crippen molar-refractivity contribution < 1.29 is 28.2 Å². The number of amides is 2. The fourth-order valence-electron chi connectivity index (χ4n) is 3.53. The van der Waals surface area contributed by atoms with E-state index in [4.69, 9.17) is 25.8 Å². The van der Waals surface area contributed by atoms with E-state index in [2.05, 4.69) is 15.9 Å². The lowest BCUT2D eigenvalue weighted by Crippen LogP contribution is -2.27. The Morgan fingerprint density at radius 1 is 1.09 bits per heavy atom. The fraction of sp³-hybridized carbons (Fsp3) is 0.120. The monoisotopic (exact) mass is 575 g/mol. The molecule has 2 aliphatic rings. The molecule has 0 unspecified atom stereocenters. The van der Waals surface area contributed by atoms with E-state index in [1.807, 2.05) is 6.07 Å². The second kappa shape index (κ2) is 9.93. The molecule has 178 valence electrons. The molecule has 2 aliphatic heterocycles. The van der Waals surface area contributed by atoms with Crippen LogP contribution in [0.15, 0.2) is 64.0 Å². The maximum Gasteiger partial charge on any atom is 0.293 e. The summed E-state index contributed by atoms with van der Waals surface area (Å²) in [5.41, 5.74) is 1.99. The number of benzene rings is 3. The molecule has 35 heavy (non-hydrogen) atoms. The van der Waals surface area contributed by atoms with E-state index in [-0.39, 0.29) is 30.7 Å². The van der Waals surface area contributed by atoms with E-state index in [1.165, 1.54) is 12.1 Å². The van der Waals surface area contributed by atoms with Gasteiger partial charge in [0, 0.05) is 21.1 Å². The predicted molar refractivity (Wildman–Crippen MR) is 134 cm³/mol. The van der Waals surface area contributed by atoms with Crippen LogP contribution in [-0.2, 0) is 17.9 Å². The van der Waals surface area contributed by atoms with Gasteiger partial charge in [0.25, 0.3) is 11.1 Å². The lowest BCUT2D eigenvalue weighted by atomic mass is 10.1. The molecule has 0 radical (unpaired) electrons. The number of carbonyl (C=O) groups excluding carboxylic acids is 2. The van der Waals surface area contributed by atoms with Crippen LogP contribution in [0, 0.1) is 5.82 Å². The van der Waals surface area contributed by atoms with Crippen LogP contribution in [0.2, 0.25) is 5.02 Å². The average Bonchev–Trinajstić information content (AvgIpc) is 3.39. The topological polar surface area (TPSA) is 65.1 Å². The summed E-state index contributed by atoms with van der Waals surface area (Å²) in [6.07, 6.45) is 1.62. The number of fused-ring (bicyclic) bond motifs is 1. The number of imide groups is 1. The molecule has 0 saturated carbocycles. The predicted octanol–water partition coefficient (Wildman–Crippen LogP) is 6.79. The SMILES string of the molecule is O=C1S/C(=C\c2cc(Br)ccc2OCc2ccc(F)cc2)C(=O)N1Cc1cc2c(cc1Cl)OCO2.